The molecule has 0 aliphatic carbocycles. The van der Waals surface area contributed by atoms with Gasteiger partial charge in [-0.3, -0.25) is 0 Å². The van der Waals surface area contributed by atoms with Crippen molar-refractivity contribution in [3.05, 3.63) is 82.7 Å². The van der Waals surface area contributed by atoms with E-state index in [1.807, 2.05) is 32.0 Å². The Hall–Kier alpha value is -4.16. The monoisotopic (exact) mass is 381 g/mol. The van der Waals surface area contributed by atoms with Crippen LogP contribution in [0.1, 0.15) is 28.3 Å². The van der Waals surface area contributed by atoms with Crippen molar-refractivity contribution in [3.63, 3.8) is 0 Å². The summed E-state index contributed by atoms with van der Waals surface area (Å²) in [7, 11) is 0. The van der Waals surface area contributed by atoms with E-state index in [1.165, 1.54) is 12.1 Å². The van der Waals surface area contributed by atoms with Crippen LogP contribution in [0.15, 0.2) is 48.5 Å². The van der Waals surface area contributed by atoms with E-state index in [4.69, 9.17) is 5.26 Å². The van der Waals surface area contributed by atoms with Crippen LogP contribution in [0.5, 0.6) is 0 Å². The fourth-order valence-corrected chi connectivity index (χ4v) is 3.43. The van der Waals surface area contributed by atoms with E-state index in [-0.39, 0.29) is 5.82 Å². The fraction of sp³-hybridized carbons (Fsp3) is 0.0870. The Morgan fingerprint density at radius 1 is 1.10 bits per heavy atom. The van der Waals surface area contributed by atoms with Gasteiger partial charge in [-0.25, -0.2) is 9.37 Å². The summed E-state index contributed by atoms with van der Waals surface area (Å²) in [6.45, 7) is 3.96. The highest BCUT2D eigenvalue weighted by molar-refractivity contribution is 5.90. The number of nitrogens with zero attached hydrogens (tertiary/aromatic N) is 4. The SMILES string of the molecule is Cc1cc(/C=C(/C#N)c2nc3ccc(F)cc3[nH]2)c(C)n1-c1ccc(C#N)cc1. The maximum atomic E-state index is 13.4. The molecule has 6 heteroatoms. The van der Waals surface area contributed by atoms with Gasteiger partial charge in [0.2, 0.25) is 0 Å². The molecule has 0 unspecified atom stereocenters. The smallest absolute Gasteiger partial charge is 0.149 e. The van der Waals surface area contributed by atoms with Crippen LogP contribution < -0.4 is 0 Å². The van der Waals surface area contributed by atoms with Crippen LogP contribution in [-0.2, 0) is 0 Å². The molecule has 0 bridgehead atoms. The first-order valence-corrected chi connectivity index (χ1v) is 8.97. The molecule has 2 aromatic carbocycles. The molecule has 2 aromatic heterocycles. The molecule has 0 spiro atoms. The maximum Gasteiger partial charge on any atom is 0.149 e. The normalized spacial score (nSPS) is 11.4. The molecular weight excluding hydrogens is 365 g/mol. The number of nitrogens with one attached hydrogen (secondary N) is 1. The van der Waals surface area contributed by atoms with Crippen LogP contribution >= 0.6 is 0 Å². The van der Waals surface area contributed by atoms with Gasteiger partial charge in [0.1, 0.15) is 17.7 Å². The number of hydrogen-bond acceptors (Lipinski definition) is 3. The minimum absolute atomic E-state index is 0.360. The predicted molar refractivity (Wildman–Crippen MR) is 109 cm³/mol. The van der Waals surface area contributed by atoms with E-state index in [9.17, 15) is 9.65 Å². The molecular formula is C23H16FN5. The van der Waals surface area contributed by atoms with Crippen molar-refractivity contribution in [2.24, 2.45) is 0 Å². The quantitative estimate of drug-likeness (QED) is 0.505. The topological polar surface area (TPSA) is 81.2 Å². The average Bonchev–Trinajstić information content (AvgIpc) is 3.26. The molecule has 0 atom stereocenters. The van der Waals surface area contributed by atoms with Crippen molar-refractivity contribution >= 4 is 22.7 Å². The van der Waals surface area contributed by atoms with Gasteiger partial charge < -0.3 is 9.55 Å². The van der Waals surface area contributed by atoms with Gasteiger partial charge >= 0.3 is 0 Å². The Morgan fingerprint density at radius 3 is 2.55 bits per heavy atom. The van der Waals surface area contributed by atoms with E-state index < -0.39 is 0 Å². The van der Waals surface area contributed by atoms with E-state index in [0.29, 0.717) is 28.0 Å². The third kappa shape index (κ3) is 3.28. The molecule has 1 N–H and O–H groups in total. The summed E-state index contributed by atoms with van der Waals surface area (Å²) in [5.74, 6) is 0.0393. The number of nitriles is 2. The van der Waals surface area contributed by atoms with E-state index >= 15 is 0 Å². The lowest BCUT2D eigenvalue weighted by Crippen LogP contribution is -1.99. The van der Waals surface area contributed by atoms with Crippen LogP contribution in [0, 0.1) is 42.3 Å². The average molecular weight is 381 g/mol. The second-order valence-corrected chi connectivity index (χ2v) is 6.74. The molecule has 0 aliphatic heterocycles. The second kappa shape index (κ2) is 7.10. The summed E-state index contributed by atoms with van der Waals surface area (Å²) < 4.78 is 15.5. The molecule has 2 heterocycles. The van der Waals surface area contributed by atoms with Crippen LogP contribution in [0.2, 0.25) is 0 Å². The van der Waals surface area contributed by atoms with Gasteiger partial charge in [-0.1, -0.05) is 0 Å². The summed E-state index contributed by atoms with van der Waals surface area (Å²) in [6, 6.07) is 17.9. The van der Waals surface area contributed by atoms with Gasteiger partial charge in [0.05, 0.1) is 28.2 Å². The van der Waals surface area contributed by atoms with Crippen molar-refractivity contribution in [1.29, 1.82) is 10.5 Å². The lowest BCUT2D eigenvalue weighted by Gasteiger charge is -2.09. The van der Waals surface area contributed by atoms with Gasteiger partial charge in [0, 0.05) is 17.1 Å². The van der Waals surface area contributed by atoms with Crippen LogP contribution in [0.3, 0.4) is 0 Å². The predicted octanol–water partition coefficient (Wildman–Crippen LogP) is 5.05. The highest BCUT2D eigenvalue weighted by Gasteiger charge is 2.13. The number of H-pyrrole nitrogens is 1. The number of aromatic nitrogens is 3. The zero-order chi connectivity index (χ0) is 20.5. The Bertz CT molecular complexity index is 1340. The Kier molecular flexibility index (Phi) is 4.46. The van der Waals surface area contributed by atoms with Gasteiger partial charge in [-0.15, -0.1) is 0 Å². The summed E-state index contributed by atoms with van der Waals surface area (Å²) in [5.41, 5.74) is 5.90. The number of aromatic amines is 1. The van der Waals surface area contributed by atoms with E-state index in [2.05, 4.69) is 26.7 Å². The molecule has 0 aliphatic rings. The first-order valence-electron chi connectivity index (χ1n) is 8.97. The van der Waals surface area contributed by atoms with Crippen molar-refractivity contribution in [3.8, 4) is 17.8 Å². The van der Waals surface area contributed by atoms with Gasteiger partial charge in [-0.2, -0.15) is 10.5 Å². The van der Waals surface area contributed by atoms with Crippen molar-refractivity contribution in [2.75, 3.05) is 0 Å². The standard InChI is InChI=1S/C23H16FN5/c1-14-9-17(15(2)29(14)20-6-3-16(12-25)4-7-20)10-18(13-26)23-27-21-8-5-19(24)11-22(21)28-23/h3-11H,1-2H3,(H,27,28)/b18-10-. The van der Waals surface area contributed by atoms with Crippen LogP contribution in [0.4, 0.5) is 4.39 Å². The molecule has 140 valence electrons. The van der Waals surface area contributed by atoms with E-state index in [0.717, 1.165) is 22.6 Å². The number of allylic oxidation sites excluding steroid dienone is 1. The number of aryl methyl sites for hydroxylation is 1. The van der Waals surface area contributed by atoms with Crippen molar-refractivity contribution in [1.82, 2.24) is 14.5 Å². The molecule has 4 aromatic rings. The number of hydrogen-bond donors (Lipinski definition) is 1. The molecule has 0 amide bonds. The molecule has 0 fully saturated rings. The Morgan fingerprint density at radius 2 is 1.86 bits per heavy atom. The van der Waals surface area contributed by atoms with Gasteiger partial charge in [0.25, 0.3) is 0 Å². The molecule has 29 heavy (non-hydrogen) atoms. The highest BCUT2D eigenvalue weighted by atomic mass is 19.1. The first-order chi connectivity index (χ1) is 14.0. The van der Waals surface area contributed by atoms with Crippen LogP contribution in [0.25, 0.3) is 28.4 Å². The third-order valence-electron chi connectivity index (χ3n) is 4.84. The van der Waals surface area contributed by atoms with Crippen molar-refractivity contribution in [2.45, 2.75) is 13.8 Å². The van der Waals surface area contributed by atoms with Gasteiger partial charge in [0.15, 0.2) is 0 Å². The highest BCUT2D eigenvalue weighted by Crippen LogP contribution is 2.26. The minimum atomic E-state index is -0.360. The molecule has 0 radical (unpaired) electrons. The number of benzene rings is 2. The minimum Gasteiger partial charge on any atom is -0.337 e. The Balaban J connectivity index is 1.78. The summed E-state index contributed by atoms with van der Waals surface area (Å²) in [5, 5.41) is 18.7. The van der Waals surface area contributed by atoms with Crippen LogP contribution in [-0.4, -0.2) is 14.5 Å². The summed E-state index contributed by atoms with van der Waals surface area (Å²) in [6.07, 6.45) is 1.77. The maximum absolute atomic E-state index is 13.4. The first kappa shape index (κ1) is 18.2. The van der Waals surface area contributed by atoms with E-state index in [1.54, 1.807) is 24.3 Å². The second-order valence-electron chi connectivity index (χ2n) is 6.74. The zero-order valence-electron chi connectivity index (χ0n) is 15.9. The molecule has 4 rings (SSSR count). The molecule has 5 nitrogen and oxygen atoms in total. The Labute approximate surface area is 167 Å². The lowest BCUT2D eigenvalue weighted by atomic mass is 10.1. The number of fused-ring (bicyclic) bond motifs is 1. The fourth-order valence-electron chi connectivity index (χ4n) is 3.43. The third-order valence-corrected chi connectivity index (χ3v) is 4.84. The number of imidazole rings is 1. The number of halogens is 1. The number of rotatable bonds is 3. The molecule has 0 saturated carbocycles. The summed E-state index contributed by atoms with van der Waals surface area (Å²) in [4.78, 5) is 7.42. The lowest BCUT2D eigenvalue weighted by molar-refractivity contribution is 0.629. The van der Waals surface area contributed by atoms with Gasteiger partial charge in [-0.05, 0) is 74.0 Å². The summed E-state index contributed by atoms with van der Waals surface area (Å²) >= 11 is 0. The van der Waals surface area contributed by atoms with Crippen molar-refractivity contribution < 1.29 is 4.39 Å². The molecule has 0 saturated heterocycles. The largest absolute Gasteiger partial charge is 0.337 e. The zero-order valence-corrected chi connectivity index (χ0v) is 15.9.